The van der Waals surface area contributed by atoms with Crippen molar-refractivity contribution in [2.45, 2.75) is 12.8 Å². The number of ether oxygens (including phenoxy) is 1. The van der Waals surface area contributed by atoms with Crippen molar-refractivity contribution in [2.75, 3.05) is 25.6 Å². The highest BCUT2D eigenvalue weighted by atomic mass is 35.5. The van der Waals surface area contributed by atoms with Crippen molar-refractivity contribution in [2.24, 2.45) is 5.73 Å². The van der Waals surface area contributed by atoms with Crippen LogP contribution in [0.3, 0.4) is 0 Å². The molecule has 0 radical (unpaired) electrons. The van der Waals surface area contributed by atoms with Crippen molar-refractivity contribution >= 4 is 23.4 Å². The zero-order valence-electron chi connectivity index (χ0n) is 7.92. The van der Waals surface area contributed by atoms with E-state index in [1.807, 2.05) is 0 Å². The predicted molar refractivity (Wildman–Crippen MR) is 53.0 cm³/mol. The molecule has 0 atom stereocenters. The molecule has 6 heteroatoms. The van der Waals surface area contributed by atoms with Gasteiger partial charge in [0, 0.05) is 18.8 Å². The second-order valence-corrected chi connectivity index (χ2v) is 3.04. The summed E-state index contributed by atoms with van der Waals surface area (Å²) in [4.78, 5) is 21.2. The number of nitrogens with one attached hydrogen (secondary N) is 1. The van der Waals surface area contributed by atoms with Crippen molar-refractivity contribution in [3.8, 4) is 0 Å². The quantitative estimate of drug-likeness (QED) is 0.434. The normalized spacial score (nSPS) is 9.79. The summed E-state index contributed by atoms with van der Waals surface area (Å²) in [6.45, 7) is 0.557. The number of alkyl halides is 1. The van der Waals surface area contributed by atoms with E-state index in [1.54, 1.807) is 0 Å². The Hall–Kier alpha value is -0.810. The molecule has 0 aliphatic heterocycles. The SMILES string of the molecule is NC(=O)COCCNC(=O)CCCCl. The Kier molecular flexibility index (Phi) is 8.27. The number of hydrogen-bond donors (Lipinski definition) is 2. The lowest BCUT2D eigenvalue weighted by Crippen LogP contribution is -2.28. The molecule has 0 heterocycles. The Balaban J connectivity index is 3.19. The summed E-state index contributed by atoms with van der Waals surface area (Å²) in [5.74, 6) is -0.0993. The lowest BCUT2D eigenvalue weighted by atomic mass is 10.3. The van der Waals surface area contributed by atoms with Gasteiger partial charge < -0.3 is 15.8 Å². The highest BCUT2D eigenvalue weighted by Crippen LogP contribution is 1.90. The monoisotopic (exact) mass is 222 g/mol. The van der Waals surface area contributed by atoms with E-state index in [0.717, 1.165) is 0 Å². The summed E-state index contributed by atoms with van der Waals surface area (Å²) in [6, 6.07) is 0. The van der Waals surface area contributed by atoms with E-state index in [-0.39, 0.29) is 19.1 Å². The summed E-state index contributed by atoms with van der Waals surface area (Å²) in [7, 11) is 0. The number of amides is 2. The average molecular weight is 223 g/mol. The van der Waals surface area contributed by atoms with Crippen LogP contribution in [0.15, 0.2) is 0 Å². The predicted octanol–water partition coefficient (Wildman–Crippen LogP) is -0.377. The van der Waals surface area contributed by atoms with Crippen LogP contribution in [0.4, 0.5) is 0 Å². The Bertz CT molecular complexity index is 187. The van der Waals surface area contributed by atoms with Crippen molar-refractivity contribution in [3.63, 3.8) is 0 Å². The first kappa shape index (κ1) is 13.2. The van der Waals surface area contributed by atoms with Gasteiger partial charge in [0.05, 0.1) is 6.61 Å². The van der Waals surface area contributed by atoms with Gasteiger partial charge in [0.2, 0.25) is 11.8 Å². The van der Waals surface area contributed by atoms with Gasteiger partial charge in [-0.25, -0.2) is 0 Å². The summed E-state index contributed by atoms with van der Waals surface area (Å²) < 4.78 is 4.83. The molecule has 0 aromatic heterocycles. The van der Waals surface area contributed by atoms with Crippen LogP contribution in [0.1, 0.15) is 12.8 Å². The molecular weight excluding hydrogens is 208 g/mol. The number of halogens is 1. The molecule has 14 heavy (non-hydrogen) atoms. The standard InChI is InChI=1S/C8H15ClN2O3/c9-3-1-2-8(13)11-4-5-14-6-7(10)12/h1-6H2,(H2,10,12)(H,11,13). The Morgan fingerprint density at radius 2 is 2.14 bits per heavy atom. The van der Waals surface area contributed by atoms with E-state index in [1.165, 1.54) is 0 Å². The van der Waals surface area contributed by atoms with E-state index in [4.69, 9.17) is 22.1 Å². The number of nitrogens with two attached hydrogens (primary N) is 1. The number of primary amides is 1. The minimum atomic E-state index is -0.515. The summed E-state index contributed by atoms with van der Waals surface area (Å²) in [6.07, 6.45) is 1.08. The first-order valence-electron chi connectivity index (χ1n) is 4.35. The Morgan fingerprint density at radius 1 is 1.43 bits per heavy atom. The first-order chi connectivity index (χ1) is 6.66. The summed E-state index contributed by atoms with van der Waals surface area (Å²) in [5.41, 5.74) is 4.83. The van der Waals surface area contributed by atoms with Crippen molar-refractivity contribution in [3.05, 3.63) is 0 Å². The molecule has 0 unspecified atom stereocenters. The number of hydrogen-bond acceptors (Lipinski definition) is 3. The summed E-state index contributed by atoms with van der Waals surface area (Å²) >= 11 is 5.41. The van der Waals surface area contributed by atoms with Gasteiger partial charge in [-0.05, 0) is 6.42 Å². The third kappa shape index (κ3) is 9.28. The third-order valence-corrected chi connectivity index (χ3v) is 1.62. The third-order valence-electron chi connectivity index (χ3n) is 1.35. The topological polar surface area (TPSA) is 81.4 Å². The molecule has 0 bridgehead atoms. The molecule has 0 aromatic rings. The van der Waals surface area contributed by atoms with Gasteiger partial charge in [-0.3, -0.25) is 9.59 Å². The van der Waals surface area contributed by atoms with Gasteiger partial charge in [-0.15, -0.1) is 11.6 Å². The van der Waals surface area contributed by atoms with E-state index in [0.29, 0.717) is 25.3 Å². The molecule has 0 aliphatic rings. The van der Waals surface area contributed by atoms with E-state index in [9.17, 15) is 9.59 Å². The number of rotatable bonds is 8. The summed E-state index contributed by atoms with van der Waals surface area (Å²) in [5, 5.41) is 2.62. The molecule has 82 valence electrons. The number of carbonyl (C=O) groups excluding carboxylic acids is 2. The number of carbonyl (C=O) groups is 2. The van der Waals surface area contributed by atoms with Crippen LogP contribution in [0.2, 0.25) is 0 Å². The minimum Gasteiger partial charge on any atom is -0.370 e. The molecule has 0 fully saturated rings. The minimum absolute atomic E-state index is 0.0617. The van der Waals surface area contributed by atoms with E-state index in [2.05, 4.69) is 5.32 Å². The smallest absolute Gasteiger partial charge is 0.243 e. The molecule has 0 aromatic carbocycles. The molecule has 0 saturated heterocycles. The van der Waals surface area contributed by atoms with Crippen molar-refractivity contribution < 1.29 is 14.3 Å². The highest BCUT2D eigenvalue weighted by Gasteiger charge is 1.99. The van der Waals surface area contributed by atoms with Crippen LogP contribution in [-0.4, -0.2) is 37.5 Å². The second-order valence-electron chi connectivity index (χ2n) is 2.66. The van der Waals surface area contributed by atoms with E-state index < -0.39 is 5.91 Å². The largest absolute Gasteiger partial charge is 0.370 e. The average Bonchev–Trinajstić information content (AvgIpc) is 2.13. The van der Waals surface area contributed by atoms with E-state index >= 15 is 0 Å². The molecule has 3 N–H and O–H groups in total. The molecule has 0 saturated carbocycles. The van der Waals surface area contributed by atoms with Gasteiger partial charge in [0.25, 0.3) is 0 Å². The van der Waals surface area contributed by atoms with Crippen LogP contribution in [0, 0.1) is 0 Å². The highest BCUT2D eigenvalue weighted by molar-refractivity contribution is 6.17. The molecule has 0 aliphatic carbocycles. The Morgan fingerprint density at radius 3 is 2.71 bits per heavy atom. The van der Waals surface area contributed by atoms with Gasteiger partial charge in [-0.2, -0.15) is 0 Å². The van der Waals surface area contributed by atoms with Crippen molar-refractivity contribution in [1.29, 1.82) is 0 Å². The van der Waals surface area contributed by atoms with Crippen LogP contribution in [0.5, 0.6) is 0 Å². The molecular formula is C8H15ClN2O3. The first-order valence-corrected chi connectivity index (χ1v) is 4.89. The fourth-order valence-electron chi connectivity index (χ4n) is 0.751. The lowest BCUT2D eigenvalue weighted by molar-refractivity contribution is -0.122. The van der Waals surface area contributed by atoms with Gasteiger partial charge >= 0.3 is 0 Å². The zero-order valence-corrected chi connectivity index (χ0v) is 8.68. The molecule has 2 amide bonds. The maximum atomic E-state index is 11.0. The zero-order chi connectivity index (χ0) is 10.8. The van der Waals surface area contributed by atoms with Gasteiger partial charge in [-0.1, -0.05) is 0 Å². The van der Waals surface area contributed by atoms with Crippen LogP contribution in [-0.2, 0) is 14.3 Å². The fourth-order valence-corrected chi connectivity index (χ4v) is 0.885. The second kappa shape index (κ2) is 8.77. The van der Waals surface area contributed by atoms with Crippen LogP contribution in [0.25, 0.3) is 0 Å². The van der Waals surface area contributed by atoms with Crippen molar-refractivity contribution in [1.82, 2.24) is 5.32 Å². The van der Waals surface area contributed by atoms with Crippen LogP contribution >= 0.6 is 11.6 Å². The maximum absolute atomic E-state index is 11.0. The van der Waals surface area contributed by atoms with Crippen LogP contribution < -0.4 is 11.1 Å². The lowest BCUT2D eigenvalue weighted by Gasteiger charge is -2.04. The molecule has 0 rings (SSSR count). The maximum Gasteiger partial charge on any atom is 0.243 e. The molecule has 5 nitrogen and oxygen atoms in total. The van der Waals surface area contributed by atoms with Gasteiger partial charge in [0.1, 0.15) is 6.61 Å². The van der Waals surface area contributed by atoms with Gasteiger partial charge in [0.15, 0.2) is 0 Å². The fraction of sp³-hybridized carbons (Fsp3) is 0.750. The molecule has 0 spiro atoms. The Labute approximate surface area is 87.9 Å².